The summed E-state index contributed by atoms with van der Waals surface area (Å²) in [6.07, 6.45) is 4.67. The molecule has 6 nitrogen and oxygen atoms in total. The maximum absolute atomic E-state index is 12.6. The highest BCUT2D eigenvalue weighted by atomic mass is 35.5. The summed E-state index contributed by atoms with van der Waals surface area (Å²) in [7, 11) is 0. The van der Waals surface area contributed by atoms with E-state index >= 15 is 0 Å². The van der Waals surface area contributed by atoms with E-state index < -0.39 is 0 Å². The Morgan fingerprint density at radius 3 is 3.04 bits per heavy atom. The number of rotatable bonds is 5. The van der Waals surface area contributed by atoms with Gasteiger partial charge in [0, 0.05) is 43.4 Å². The standard InChI is InChI=1S/C21H23ClN2O4/c1-21(2)10-14-4-3-5-18(20(14)28-21)26-13-19(25)24-9-7-15(12-24)27-17-6-8-23-11-16(17)22/h3-6,8,11,15H,7,9-10,12-13H2,1-2H3/t15-/m1/s1. The van der Waals surface area contributed by atoms with Crippen molar-refractivity contribution in [3.05, 3.63) is 47.2 Å². The maximum Gasteiger partial charge on any atom is 0.260 e. The Morgan fingerprint density at radius 2 is 2.21 bits per heavy atom. The van der Waals surface area contributed by atoms with E-state index in [1.165, 1.54) is 0 Å². The van der Waals surface area contributed by atoms with Crippen molar-refractivity contribution in [1.29, 1.82) is 0 Å². The van der Waals surface area contributed by atoms with Gasteiger partial charge in [0.2, 0.25) is 0 Å². The molecule has 28 heavy (non-hydrogen) atoms. The van der Waals surface area contributed by atoms with E-state index in [1.807, 2.05) is 32.0 Å². The number of amides is 1. The highest BCUT2D eigenvalue weighted by Crippen LogP contribution is 2.41. The summed E-state index contributed by atoms with van der Waals surface area (Å²) in [5, 5.41) is 0.469. The number of fused-ring (bicyclic) bond motifs is 1. The second-order valence-corrected chi connectivity index (χ2v) is 8.15. The lowest BCUT2D eigenvalue weighted by Crippen LogP contribution is -2.34. The zero-order valence-electron chi connectivity index (χ0n) is 16.0. The number of likely N-dealkylation sites (tertiary alicyclic amines) is 1. The fourth-order valence-electron chi connectivity index (χ4n) is 3.62. The van der Waals surface area contributed by atoms with E-state index in [-0.39, 0.29) is 24.2 Å². The fourth-order valence-corrected chi connectivity index (χ4v) is 3.78. The van der Waals surface area contributed by atoms with Crippen LogP contribution in [-0.4, -0.2) is 47.2 Å². The molecule has 2 aliphatic rings. The van der Waals surface area contributed by atoms with Crippen molar-refractivity contribution in [2.24, 2.45) is 0 Å². The smallest absolute Gasteiger partial charge is 0.260 e. The van der Waals surface area contributed by atoms with Gasteiger partial charge < -0.3 is 19.1 Å². The molecule has 0 saturated carbocycles. The third-order valence-electron chi connectivity index (χ3n) is 4.93. The van der Waals surface area contributed by atoms with Gasteiger partial charge in [-0.2, -0.15) is 0 Å². The molecule has 4 rings (SSSR count). The quantitative estimate of drug-likeness (QED) is 0.765. The Labute approximate surface area is 169 Å². The van der Waals surface area contributed by atoms with Gasteiger partial charge in [-0.05, 0) is 19.9 Å². The first-order valence-electron chi connectivity index (χ1n) is 9.39. The first kappa shape index (κ1) is 18.9. The molecule has 2 aliphatic heterocycles. The van der Waals surface area contributed by atoms with Crippen molar-refractivity contribution in [3.8, 4) is 17.2 Å². The Hall–Kier alpha value is -2.47. The lowest BCUT2D eigenvalue weighted by molar-refractivity contribution is -0.132. The van der Waals surface area contributed by atoms with Crippen LogP contribution in [0, 0.1) is 0 Å². The van der Waals surface area contributed by atoms with Crippen molar-refractivity contribution in [2.45, 2.75) is 38.4 Å². The molecule has 2 aromatic rings. The second kappa shape index (κ2) is 7.51. The number of carbonyl (C=O) groups excluding carboxylic acids is 1. The van der Waals surface area contributed by atoms with Gasteiger partial charge in [-0.1, -0.05) is 23.7 Å². The summed E-state index contributed by atoms with van der Waals surface area (Å²) in [4.78, 5) is 18.3. The van der Waals surface area contributed by atoms with Gasteiger partial charge in [-0.15, -0.1) is 0 Å². The normalized spacial score (nSPS) is 19.8. The molecular weight excluding hydrogens is 380 g/mol. The molecule has 1 aromatic carbocycles. The van der Waals surface area contributed by atoms with Crippen molar-refractivity contribution >= 4 is 17.5 Å². The molecule has 0 spiro atoms. The number of carbonyl (C=O) groups is 1. The van der Waals surface area contributed by atoms with Gasteiger partial charge in [0.05, 0.1) is 6.54 Å². The zero-order valence-corrected chi connectivity index (χ0v) is 16.7. The van der Waals surface area contributed by atoms with Gasteiger partial charge in [0.15, 0.2) is 18.1 Å². The summed E-state index contributed by atoms with van der Waals surface area (Å²) in [6, 6.07) is 7.54. The van der Waals surface area contributed by atoms with Crippen LogP contribution in [0.1, 0.15) is 25.8 Å². The molecule has 3 heterocycles. The van der Waals surface area contributed by atoms with Crippen LogP contribution in [0.25, 0.3) is 0 Å². The summed E-state index contributed by atoms with van der Waals surface area (Å²) in [6.45, 7) is 5.20. The Kier molecular flexibility index (Phi) is 5.06. The van der Waals surface area contributed by atoms with Crippen LogP contribution in [0.3, 0.4) is 0 Å². The van der Waals surface area contributed by atoms with Crippen LogP contribution in [0.15, 0.2) is 36.7 Å². The van der Waals surface area contributed by atoms with Crippen molar-refractivity contribution in [2.75, 3.05) is 19.7 Å². The Balaban J connectivity index is 1.32. The van der Waals surface area contributed by atoms with Gasteiger partial charge in [-0.3, -0.25) is 9.78 Å². The molecule has 0 radical (unpaired) electrons. The third kappa shape index (κ3) is 4.02. The van der Waals surface area contributed by atoms with E-state index in [1.54, 1.807) is 23.4 Å². The molecule has 1 atom stereocenters. The Bertz CT molecular complexity index is 886. The number of pyridine rings is 1. The van der Waals surface area contributed by atoms with Crippen LogP contribution >= 0.6 is 11.6 Å². The number of benzene rings is 1. The summed E-state index contributed by atoms with van der Waals surface area (Å²) in [5.74, 6) is 1.89. The van der Waals surface area contributed by atoms with E-state index in [2.05, 4.69) is 4.98 Å². The predicted octanol–water partition coefficient (Wildman–Crippen LogP) is 3.51. The largest absolute Gasteiger partial charge is 0.487 e. The molecular formula is C21H23ClN2O4. The predicted molar refractivity (Wildman–Crippen MR) is 105 cm³/mol. The van der Waals surface area contributed by atoms with Crippen LogP contribution in [0.5, 0.6) is 17.2 Å². The first-order valence-corrected chi connectivity index (χ1v) is 9.77. The monoisotopic (exact) mass is 402 g/mol. The number of halogens is 1. The second-order valence-electron chi connectivity index (χ2n) is 7.75. The number of nitrogens with zero attached hydrogens (tertiary/aromatic N) is 2. The summed E-state index contributed by atoms with van der Waals surface area (Å²) < 4.78 is 17.7. The minimum absolute atomic E-state index is 0.0248. The molecule has 148 valence electrons. The van der Waals surface area contributed by atoms with Crippen molar-refractivity contribution in [1.82, 2.24) is 9.88 Å². The minimum Gasteiger partial charge on any atom is -0.487 e. The lowest BCUT2D eigenvalue weighted by Gasteiger charge is -2.20. The molecule has 0 bridgehead atoms. The molecule has 1 saturated heterocycles. The number of para-hydroxylation sites is 1. The zero-order chi connectivity index (χ0) is 19.7. The minimum atomic E-state index is -0.250. The summed E-state index contributed by atoms with van der Waals surface area (Å²) in [5.41, 5.74) is 0.860. The van der Waals surface area contributed by atoms with Gasteiger partial charge in [-0.25, -0.2) is 0 Å². The third-order valence-corrected chi connectivity index (χ3v) is 5.22. The van der Waals surface area contributed by atoms with Gasteiger partial charge in [0.25, 0.3) is 5.91 Å². The topological polar surface area (TPSA) is 60.9 Å². The molecule has 1 fully saturated rings. The SMILES string of the molecule is CC1(C)Cc2cccc(OCC(=O)N3CC[C@@H](Oc4ccncc4Cl)C3)c2O1. The maximum atomic E-state index is 12.6. The van der Waals surface area contributed by atoms with Crippen molar-refractivity contribution < 1.29 is 19.0 Å². The molecule has 7 heteroatoms. The van der Waals surface area contributed by atoms with E-state index in [0.29, 0.717) is 29.6 Å². The van der Waals surface area contributed by atoms with Crippen molar-refractivity contribution in [3.63, 3.8) is 0 Å². The number of aromatic nitrogens is 1. The summed E-state index contributed by atoms with van der Waals surface area (Å²) >= 11 is 6.09. The highest BCUT2D eigenvalue weighted by Gasteiger charge is 2.33. The van der Waals surface area contributed by atoms with Crippen LogP contribution < -0.4 is 14.2 Å². The van der Waals surface area contributed by atoms with E-state index in [9.17, 15) is 4.79 Å². The number of hydrogen-bond donors (Lipinski definition) is 0. The lowest BCUT2D eigenvalue weighted by atomic mass is 10.0. The van der Waals surface area contributed by atoms with Crippen LogP contribution in [0.2, 0.25) is 5.02 Å². The fraction of sp³-hybridized carbons (Fsp3) is 0.429. The number of hydrogen-bond acceptors (Lipinski definition) is 5. The molecule has 1 aromatic heterocycles. The van der Waals surface area contributed by atoms with Crippen LogP contribution in [-0.2, 0) is 11.2 Å². The van der Waals surface area contributed by atoms with Gasteiger partial charge >= 0.3 is 0 Å². The Morgan fingerprint density at radius 1 is 1.36 bits per heavy atom. The van der Waals surface area contributed by atoms with Crippen LogP contribution in [0.4, 0.5) is 0 Å². The molecule has 0 aliphatic carbocycles. The van der Waals surface area contributed by atoms with E-state index in [4.69, 9.17) is 25.8 Å². The number of ether oxygens (including phenoxy) is 3. The average molecular weight is 403 g/mol. The molecule has 1 amide bonds. The highest BCUT2D eigenvalue weighted by molar-refractivity contribution is 6.31. The molecule has 0 unspecified atom stereocenters. The van der Waals surface area contributed by atoms with Gasteiger partial charge in [0.1, 0.15) is 22.5 Å². The first-order chi connectivity index (χ1) is 13.4. The average Bonchev–Trinajstić information content (AvgIpc) is 3.24. The van der Waals surface area contributed by atoms with E-state index in [0.717, 1.165) is 24.2 Å². The molecule has 0 N–H and O–H groups in total.